The largest absolute Gasteiger partial charge is 0.332 e. The minimum atomic E-state index is -0.0670. The minimum absolute atomic E-state index is 0.0670. The van der Waals surface area contributed by atoms with Crippen LogP contribution in [0, 0.1) is 0 Å². The number of aromatic nitrogens is 3. The second kappa shape index (κ2) is 5.81. The zero-order valence-corrected chi connectivity index (χ0v) is 12.2. The van der Waals surface area contributed by atoms with Crippen LogP contribution < -0.4 is 5.73 Å². The van der Waals surface area contributed by atoms with E-state index >= 15 is 0 Å². The van der Waals surface area contributed by atoms with Crippen molar-refractivity contribution in [2.24, 2.45) is 5.73 Å². The molecule has 0 saturated heterocycles. The molecular formula is C11H16N4OS2. The lowest BCUT2D eigenvalue weighted by Gasteiger charge is -1.98. The number of rotatable bonds is 5. The topological polar surface area (TPSA) is 77.8 Å². The van der Waals surface area contributed by atoms with Crippen molar-refractivity contribution >= 4 is 23.1 Å². The molecule has 0 saturated carbocycles. The second-order valence-corrected chi connectivity index (χ2v) is 6.69. The highest BCUT2D eigenvalue weighted by Gasteiger charge is 2.14. The average Bonchev–Trinajstić information content (AvgIpc) is 2.95. The molecule has 0 spiro atoms. The van der Waals surface area contributed by atoms with Gasteiger partial charge in [-0.25, -0.2) is 4.98 Å². The number of thiazole rings is 1. The maximum Gasteiger partial charge on any atom is 0.277 e. The maximum atomic E-state index is 5.77. The third-order valence-electron chi connectivity index (χ3n) is 2.14. The Bertz CT molecular complexity index is 507. The molecule has 1 unspecified atom stereocenters. The van der Waals surface area contributed by atoms with E-state index in [9.17, 15) is 0 Å². The monoisotopic (exact) mass is 284 g/mol. The highest BCUT2D eigenvalue weighted by Crippen LogP contribution is 2.24. The Morgan fingerprint density at radius 3 is 2.78 bits per heavy atom. The van der Waals surface area contributed by atoms with Crippen LogP contribution in [0.15, 0.2) is 9.90 Å². The highest BCUT2D eigenvalue weighted by atomic mass is 32.2. The summed E-state index contributed by atoms with van der Waals surface area (Å²) >= 11 is 3.29. The summed E-state index contributed by atoms with van der Waals surface area (Å²) in [6, 6.07) is -0.0670. The lowest BCUT2D eigenvalue weighted by atomic mass is 10.4. The molecule has 0 fully saturated rings. The Kier molecular flexibility index (Phi) is 4.36. The van der Waals surface area contributed by atoms with E-state index in [1.165, 1.54) is 11.3 Å². The van der Waals surface area contributed by atoms with Crippen molar-refractivity contribution < 1.29 is 4.52 Å². The van der Waals surface area contributed by atoms with Crippen molar-refractivity contribution in [1.82, 2.24) is 15.1 Å². The zero-order chi connectivity index (χ0) is 13.1. The van der Waals surface area contributed by atoms with Crippen molar-refractivity contribution in [2.75, 3.05) is 0 Å². The molecule has 7 heteroatoms. The molecule has 0 aliphatic carbocycles. The van der Waals surface area contributed by atoms with Crippen LogP contribution in [0.2, 0.25) is 0 Å². The minimum Gasteiger partial charge on any atom is -0.332 e. The van der Waals surface area contributed by atoms with E-state index in [2.05, 4.69) is 29.0 Å². The van der Waals surface area contributed by atoms with Gasteiger partial charge in [0.25, 0.3) is 5.89 Å². The molecular weight excluding hydrogens is 268 g/mol. The lowest BCUT2D eigenvalue weighted by Crippen LogP contribution is -2.03. The van der Waals surface area contributed by atoms with Crippen LogP contribution >= 0.6 is 23.1 Å². The molecule has 2 rings (SSSR count). The van der Waals surface area contributed by atoms with Gasteiger partial charge < -0.3 is 10.3 Å². The van der Waals surface area contributed by atoms with Gasteiger partial charge in [0.2, 0.25) is 0 Å². The standard InChI is InChI=1S/C11H16N4OS2/c1-6(2)17-5-9-14-10(16-15-9)8-4-18-11(13-8)7(3)12/h4,6-7H,5,12H2,1-3H3. The first-order valence-electron chi connectivity index (χ1n) is 5.72. The van der Waals surface area contributed by atoms with Gasteiger partial charge in [0, 0.05) is 5.38 Å². The number of hydrogen-bond acceptors (Lipinski definition) is 7. The third kappa shape index (κ3) is 3.30. The van der Waals surface area contributed by atoms with Crippen LogP contribution in [0.5, 0.6) is 0 Å². The number of nitrogens with two attached hydrogens (primary N) is 1. The zero-order valence-electron chi connectivity index (χ0n) is 10.6. The molecule has 2 aromatic heterocycles. The summed E-state index contributed by atoms with van der Waals surface area (Å²) in [5.41, 5.74) is 6.48. The van der Waals surface area contributed by atoms with Crippen LogP contribution in [0.3, 0.4) is 0 Å². The van der Waals surface area contributed by atoms with Gasteiger partial charge >= 0.3 is 0 Å². The molecule has 2 heterocycles. The smallest absolute Gasteiger partial charge is 0.277 e. The Labute approximate surface area is 114 Å². The molecule has 5 nitrogen and oxygen atoms in total. The van der Waals surface area contributed by atoms with Gasteiger partial charge in [-0.1, -0.05) is 19.0 Å². The predicted molar refractivity (Wildman–Crippen MR) is 74.4 cm³/mol. The van der Waals surface area contributed by atoms with Crippen molar-refractivity contribution in [1.29, 1.82) is 0 Å². The molecule has 2 aromatic rings. The van der Waals surface area contributed by atoms with Gasteiger partial charge in [-0.15, -0.1) is 11.3 Å². The Hall–Kier alpha value is -0.920. The van der Waals surface area contributed by atoms with E-state index in [4.69, 9.17) is 10.3 Å². The number of hydrogen-bond donors (Lipinski definition) is 1. The van der Waals surface area contributed by atoms with Gasteiger partial charge in [0.05, 0.1) is 11.8 Å². The summed E-state index contributed by atoms with van der Waals surface area (Å²) in [4.78, 5) is 8.71. The van der Waals surface area contributed by atoms with Gasteiger partial charge in [-0.3, -0.25) is 0 Å². The summed E-state index contributed by atoms with van der Waals surface area (Å²) in [7, 11) is 0. The van der Waals surface area contributed by atoms with Gasteiger partial charge in [0.1, 0.15) is 10.7 Å². The average molecular weight is 284 g/mol. The lowest BCUT2D eigenvalue weighted by molar-refractivity contribution is 0.424. The quantitative estimate of drug-likeness (QED) is 0.909. The molecule has 1 atom stereocenters. The molecule has 0 bridgehead atoms. The van der Waals surface area contributed by atoms with E-state index in [1.54, 1.807) is 11.8 Å². The molecule has 2 N–H and O–H groups in total. The Morgan fingerprint density at radius 2 is 2.17 bits per heavy atom. The van der Waals surface area contributed by atoms with Crippen molar-refractivity contribution in [3.63, 3.8) is 0 Å². The van der Waals surface area contributed by atoms with Crippen LogP contribution in [-0.2, 0) is 5.75 Å². The summed E-state index contributed by atoms with van der Waals surface area (Å²) < 4.78 is 5.20. The maximum absolute atomic E-state index is 5.77. The molecule has 0 aliphatic rings. The first-order chi connectivity index (χ1) is 8.56. The fourth-order valence-corrected chi connectivity index (χ4v) is 2.60. The molecule has 0 radical (unpaired) electrons. The first-order valence-corrected chi connectivity index (χ1v) is 7.64. The second-order valence-electron chi connectivity index (χ2n) is 4.24. The van der Waals surface area contributed by atoms with Gasteiger partial charge in [0.15, 0.2) is 5.82 Å². The van der Waals surface area contributed by atoms with Crippen molar-refractivity contribution in [3.8, 4) is 11.6 Å². The van der Waals surface area contributed by atoms with Crippen LogP contribution in [-0.4, -0.2) is 20.4 Å². The number of nitrogens with zero attached hydrogens (tertiary/aromatic N) is 3. The summed E-state index contributed by atoms with van der Waals surface area (Å²) in [5.74, 6) is 1.93. The summed E-state index contributed by atoms with van der Waals surface area (Å²) in [6.07, 6.45) is 0. The van der Waals surface area contributed by atoms with Crippen LogP contribution in [0.1, 0.15) is 37.6 Å². The Balaban J connectivity index is 2.08. The fourth-order valence-electron chi connectivity index (χ4n) is 1.25. The van der Waals surface area contributed by atoms with E-state index < -0.39 is 0 Å². The number of thioether (sulfide) groups is 1. The predicted octanol–water partition coefficient (Wildman–Crippen LogP) is 2.85. The van der Waals surface area contributed by atoms with Crippen LogP contribution in [0.4, 0.5) is 0 Å². The van der Waals surface area contributed by atoms with Crippen molar-refractivity contribution in [3.05, 3.63) is 16.2 Å². The first kappa shape index (κ1) is 13.5. The molecule has 18 heavy (non-hydrogen) atoms. The van der Waals surface area contributed by atoms with Crippen LogP contribution in [0.25, 0.3) is 11.6 Å². The highest BCUT2D eigenvalue weighted by molar-refractivity contribution is 7.99. The SMILES string of the molecule is CC(C)SCc1noc(-c2csc(C(C)N)n2)n1. The third-order valence-corrected chi connectivity index (χ3v) is 4.28. The Morgan fingerprint density at radius 1 is 1.39 bits per heavy atom. The van der Waals surface area contributed by atoms with E-state index in [-0.39, 0.29) is 6.04 Å². The van der Waals surface area contributed by atoms with E-state index in [0.29, 0.717) is 22.7 Å². The van der Waals surface area contributed by atoms with E-state index in [1.807, 2.05) is 12.3 Å². The van der Waals surface area contributed by atoms with E-state index in [0.717, 1.165) is 10.8 Å². The summed E-state index contributed by atoms with van der Waals surface area (Å²) in [5, 5.41) is 7.27. The summed E-state index contributed by atoms with van der Waals surface area (Å²) in [6.45, 7) is 6.18. The molecule has 0 aliphatic heterocycles. The van der Waals surface area contributed by atoms with Gasteiger partial charge in [-0.2, -0.15) is 16.7 Å². The molecule has 98 valence electrons. The van der Waals surface area contributed by atoms with Gasteiger partial charge in [-0.05, 0) is 12.2 Å². The molecule has 0 amide bonds. The fraction of sp³-hybridized carbons (Fsp3) is 0.545. The molecule has 0 aromatic carbocycles. The van der Waals surface area contributed by atoms with Crippen molar-refractivity contribution in [2.45, 2.75) is 37.8 Å². The normalized spacial score (nSPS) is 13.2.